The van der Waals surface area contributed by atoms with Crippen LogP contribution < -0.4 is 10.1 Å². The van der Waals surface area contributed by atoms with Crippen molar-refractivity contribution in [3.63, 3.8) is 0 Å². The lowest BCUT2D eigenvalue weighted by atomic mass is 10.2. The molecule has 0 atom stereocenters. The van der Waals surface area contributed by atoms with Crippen molar-refractivity contribution in [2.45, 2.75) is 10.7 Å². The Labute approximate surface area is 145 Å². The van der Waals surface area contributed by atoms with Crippen LogP contribution in [0.3, 0.4) is 0 Å². The summed E-state index contributed by atoms with van der Waals surface area (Å²) in [7, 11) is 0. The largest absolute Gasteiger partial charge is 0.492 e. The monoisotopic (exact) mass is 401 g/mol. The molecule has 1 amide bonds. The van der Waals surface area contributed by atoms with Crippen LogP contribution in [0.25, 0.3) is 0 Å². The van der Waals surface area contributed by atoms with E-state index in [0.29, 0.717) is 41.1 Å². The van der Waals surface area contributed by atoms with E-state index in [1.807, 2.05) is 24.3 Å². The highest BCUT2D eigenvalue weighted by atomic mass is 79.9. The number of amides is 1. The number of nitrogens with one attached hydrogen (secondary N) is 1. The van der Waals surface area contributed by atoms with Crippen molar-refractivity contribution in [1.82, 2.24) is 5.32 Å². The number of halogens is 3. The molecule has 3 nitrogen and oxygen atoms in total. The van der Waals surface area contributed by atoms with E-state index in [2.05, 4.69) is 21.2 Å². The fourth-order valence-corrected chi connectivity index (χ4v) is 2.66. The van der Waals surface area contributed by atoms with E-state index in [0.717, 1.165) is 4.47 Å². The molecule has 0 heterocycles. The third-order valence-corrected chi connectivity index (χ3v) is 4.01. The molecule has 2 aromatic rings. The first-order valence-electron chi connectivity index (χ1n) is 6.76. The van der Waals surface area contributed by atoms with E-state index in [9.17, 15) is 13.6 Å². The number of hydrogen-bond donors (Lipinski definition) is 1. The van der Waals surface area contributed by atoms with Gasteiger partial charge in [0.1, 0.15) is 12.4 Å². The maximum absolute atomic E-state index is 12.2. The lowest BCUT2D eigenvalue weighted by Crippen LogP contribution is -2.28. The zero-order valence-electron chi connectivity index (χ0n) is 12.0. The van der Waals surface area contributed by atoms with E-state index in [-0.39, 0.29) is 5.91 Å². The number of carbonyl (C=O) groups is 1. The summed E-state index contributed by atoms with van der Waals surface area (Å²) in [6.07, 6.45) is 0. The van der Waals surface area contributed by atoms with Crippen molar-refractivity contribution in [3.05, 3.63) is 58.6 Å². The Morgan fingerprint density at radius 2 is 1.96 bits per heavy atom. The normalized spacial score (nSPS) is 10.6. The highest BCUT2D eigenvalue weighted by Crippen LogP contribution is 2.25. The summed E-state index contributed by atoms with van der Waals surface area (Å²) in [4.78, 5) is 12.3. The summed E-state index contributed by atoms with van der Waals surface area (Å²) in [6.45, 7) is 0.681. The molecule has 0 unspecified atom stereocenters. The van der Waals surface area contributed by atoms with E-state index in [1.165, 1.54) is 24.3 Å². The number of hydrogen-bond acceptors (Lipinski definition) is 3. The minimum absolute atomic E-state index is 0.267. The van der Waals surface area contributed by atoms with Gasteiger partial charge >= 0.3 is 0 Å². The molecule has 0 aromatic heterocycles. The Kier molecular flexibility index (Phi) is 6.85. The molecule has 0 bridgehead atoms. The van der Waals surface area contributed by atoms with Gasteiger partial charge in [0.2, 0.25) is 0 Å². The second-order valence-corrected chi connectivity index (χ2v) is 6.44. The summed E-state index contributed by atoms with van der Waals surface area (Å²) in [5.74, 6) is -2.02. The molecule has 0 aliphatic carbocycles. The predicted molar refractivity (Wildman–Crippen MR) is 90.3 cm³/mol. The Morgan fingerprint density at radius 3 is 2.61 bits per heavy atom. The van der Waals surface area contributed by atoms with Crippen LogP contribution in [0.15, 0.2) is 57.9 Å². The molecule has 0 saturated carbocycles. The first-order chi connectivity index (χ1) is 11.0. The van der Waals surface area contributed by atoms with Crippen LogP contribution in [0.4, 0.5) is 8.78 Å². The number of thioether (sulfide) groups is 1. The number of ether oxygens (including phenoxy) is 1. The molecule has 122 valence electrons. The maximum atomic E-state index is 12.2. The van der Waals surface area contributed by atoms with Crippen LogP contribution in [0.1, 0.15) is 10.4 Å². The van der Waals surface area contributed by atoms with Gasteiger partial charge in [-0.05, 0) is 42.5 Å². The molecular formula is C16H14BrF2NO2S. The van der Waals surface area contributed by atoms with Gasteiger partial charge in [-0.2, -0.15) is 8.78 Å². The van der Waals surface area contributed by atoms with Gasteiger partial charge in [-0.25, -0.2) is 0 Å². The molecule has 0 saturated heterocycles. The van der Waals surface area contributed by atoms with Crippen molar-refractivity contribution in [1.29, 1.82) is 0 Å². The van der Waals surface area contributed by atoms with Gasteiger partial charge in [0.05, 0.1) is 6.54 Å². The number of rotatable bonds is 7. The van der Waals surface area contributed by atoms with Crippen LogP contribution in [-0.2, 0) is 0 Å². The quantitative estimate of drug-likeness (QED) is 0.545. The van der Waals surface area contributed by atoms with Gasteiger partial charge in [0, 0.05) is 14.9 Å². The lowest BCUT2D eigenvalue weighted by Gasteiger charge is -2.08. The smallest absolute Gasteiger partial charge is 0.288 e. The SMILES string of the molecule is O=C(NCCOc1cccc(Br)c1)c1ccc(SC(F)F)cc1. The number of alkyl halides is 2. The standard InChI is InChI=1S/C16H14BrF2NO2S/c17-12-2-1-3-13(10-12)22-9-8-20-15(21)11-4-6-14(7-5-11)23-16(18)19/h1-7,10,16H,8-9H2,(H,20,21). The molecule has 23 heavy (non-hydrogen) atoms. The number of benzene rings is 2. The Balaban J connectivity index is 1.76. The molecule has 7 heteroatoms. The summed E-state index contributed by atoms with van der Waals surface area (Å²) in [5.41, 5.74) is 0.422. The molecule has 1 N–H and O–H groups in total. The van der Waals surface area contributed by atoms with E-state index in [1.54, 1.807) is 0 Å². The minimum Gasteiger partial charge on any atom is -0.492 e. The van der Waals surface area contributed by atoms with Gasteiger partial charge in [-0.1, -0.05) is 33.8 Å². The van der Waals surface area contributed by atoms with Crippen molar-refractivity contribution in [2.75, 3.05) is 13.2 Å². The van der Waals surface area contributed by atoms with Crippen LogP contribution in [0.5, 0.6) is 5.75 Å². The highest BCUT2D eigenvalue weighted by molar-refractivity contribution is 9.10. The van der Waals surface area contributed by atoms with Crippen LogP contribution >= 0.6 is 27.7 Å². The molecule has 0 aliphatic heterocycles. The second-order valence-electron chi connectivity index (χ2n) is 4.46. The second kappa shape index (κ2) is 8.88. The van der Waals surface area contributed by atoms with Gasteiger partial charge in [-0.15, -0.1) is 0 Å². The summed E-state index contributed by atoms with van der Waals surface area (Å²) in [6, 6.07) is 13.5. The van der Waals surface area contributed by atoms with Crippen LogP contribution in [-0.4, -0.2) is 24.8 Å². The van der Waals surface area contributed by atoms with Crippen LogP contribution in [0.2, 0.25) is 0 Å². The van der Waals surface area contributed by atoms with Gasteiger partial charge in [-0.3, -0.25) is 4.79 Å². The van der Waals surface area contributed by atoms with Crippen molar-refractivity contribution >= 4 is 33.6 Å². The average Bonchev–Trinajstić information content (AvgIpc) is 2.51. The van der Waals surface area contributed by atoms with Crippen LogP contribution in [0, 0.1) is 0 Å². The molecule has 0 spiro atoms. The Bertz CT molecular complexity index is 653. The Morgan fingerprint density at radius 1 is 1.22 bits per heavy atom. The maximum Gasteiger partial charge on any atom is 0.288 e. The van der Waals surface area contributed by atoms with Gasteiger partial charge in [0.15, 0.2) is 0 Å². The topological polar surface area (TPSA) is 38.3 Å². The molecule has 2 rings (SSSR count). The zero-order valence-corrected chi connectivity index (χ0v) is 14.4. The zero-order chi connectivity index (χ0) is 16.7. The highest BCUT2D eigenvalue weighted by Gasteiger charge is 2.08. The first-order valence-corrected chi connectivity index (χ1v) is 8.43. The first kappa shape index (κ1) is 17.7. The average molecular weight is 402 g/mol. The third kappa shape index (κ3) is 6.19. The number of carbonyl (C=O) groups excluding carboxylic acids is 1. The van der Waals surface area contributed by atoms with Gasteiger partial charge in [0.25, 0.3) is 11.7 Å². The van der Waals surface area contributed by atoms with Crippen molar-refractivity contribution in [3.8, 4) is 5.75 Å². The van der Waals surface area contributed by atoms with Gasteiger partial charge < -0.3 is 10.1 Å². The fourth-order valence-electron chi connectivity index (χ4n) is 1.78. The Hall–Kier alpha value is -1.60. The molecule has 0 fully saturated rings. The fraction of sp³-hybridized carbons (Fsp3) is 0.188. The molecule has 0 radical (unpaired) electrons. The summed E-state index contributed by atoms with van der Waals surface area (Å²) < 4.78 is 30.9. The summed E-state index contributed by atoms with van der Waals surface area (Å²) >= 11 is 3.80. The van der Waals surface area contributed by atoms with E-state index < -0.39 is 5.76 Å². The lowest BCUT2D eigenvalue weighted by molar-refractivity contribution is 0.0947. The minimum atomic E-state index is -2.47. The molecule has 0 aliphatic rings. The van der Waals surface area contributed by atoms with E-state index in [4.69, 9.17) is 4.74 Å². The van der Waals surface area contributed by atoms with Crippen molar-refractivity contribution in [2.24, 2.45) is 0 Å². The molecular weight excluding hydrogens is 388 g/mol. The predicted octanol–water partition coefficient (Wildman–Crippen LogP) is 4.57. The molecule has 2 aromatic carbocycles. The summed E-state index contributed by atoms with van der Waals surface area (Å²) in [5, 5.41) is 2.71. The van der Waals surface area contributed by atoms with E-state index >= 15 is 0 Å². The van der Waals surface area contributed by atoms with Crippen molar-refractivity contribution < 1.29 is 18.3 Å². The third-order valence-electron chi connectivity index (χ3n) is 2.79.